The number of fused-ring (bicyclic) bond motifs is 2. The first-order valence-electron chi connectivity index (χ1n) is 14.0. The van der Waals surface area contributed by atoms with Gasteiger partial charge in [-0.25, -0.2) is 4.99 Å². The van der Waals surface area contributed by atoms with Crippen LogP contribution in [-0.4, -0.2) is 47.7 Å². The van der Waals surface area contributed by atoms with Gasteiger partial charge in [0.1, 0.15) is 6.54 Å². The van der Waals surface area contributed by atoms with Crippen LogP contribution in [0.2, 0.25) is 10.0 Å². The molecule has 2 N–H and O–H groups in total. The number of halogens is 2. The molecule has 1 fully saturated rings. The van der Waals surface area contributed by atoms with Crippen molar-refractivity contribution in [3.05, 3.63) is 129 Å². The number of carbonyl (C=O) groups is 2. The maximum atomic E-state index is 12.6. The van der Waals surface area contributed by atoms with E-state index in [0.717, 1.165) is 34.6 Å². The molecule has 2 aliphatic heterocycles. The molecule has 7 rings (SSSR count). The Balaban J connectivity index is 0.000000155. The summed E-state index contributed by atoms with van der Waals surface area (Å²) in [5.74, 6) is 0.131. The summed E-state index contributed by atoms with van der Waals surface area (Å²) in [4.78, 5) is 34.9. The molecule has 0 saturated heterocycles. The Morgan fingerprint density at radius 3 is 2.05 bits per heavy atom. The Kier molecular flexibility index (Phi) is 8.38. The van der Waals surface area contributed by atoms with Gasteiger partial charge in [-0.2, -0.15) is 0 Å². The molecule has 9 heteroatoms. The Hall–Kier alpha value is -4.30. The van der Waals surface area contributed by atoms with Gasteiger partial charge in [0.2, 0.25) is 12.1 Å². The van der Waals surface area contributed by atoms with Crippen LogP contribution in [-0.2, 0) is 9.59 Å². The van der Waals surface area contributed by atoms with E-state index in [2.05, 4.69) is 15.3 Å². The minimum absolute atomic E-state index is 0.0615. The molecule has 0 radical (unpaired) electrons. The average Bonchev–Trinajstić information content (AvgIpc) is 3.87. The van der Waals surface area contributed by atoms with Gasteiger partial charge in [-0.15, -0.1) is 0 Å². The standard InChI is InChI=1S/C19H17ClN2O.C15H11ClN2O2/c20-15-8-9-17-16(10-15)19(14-4-2-1-3-5-14)21-11-18(23)22(17)12-13-6-7-13;16-10-6-7-12-11(8-10)13(9-4-2-1-3-5-9)18-15(20)14(19)17-12/h1-5,8-10,13H,6-7,11-12H2;1-8,15,20H,(H,17,19). The van der Waals surface area contributed by atoms with Gasteiger partial charge in [0.25, 0.3) is 5.91 Å². The molecule has 4 aromatic rings. The highest BCUT2D eigenvalue weighted by molar-refractivity contribution is 6.32. The van der Waals surface area contributed by atoms with Crippen molar-refractivity contribution in [1.82, 2.24) is 0 Å². The fourth-order valence-corrected chi connectivity index (χ4v) is 5.43. The number of aliphatic hydroxyl groups excluding tert-OH is 1. The minimum atomic E-state index is -1.43. The lowest BCUT2D eigenvalue weighted by atomic mass is 10.00. The topological polar surface area (TPSA) is 94.4 Å². The first-order valence-corrected chi connectivity index (χ1v) is 14.7. The van der Waals surface area contributed by atoms with E-state index in [0.29, 0.717) is 32.9 Å². The lowest BCUT2D eigenvalue weighted by molar-refractivity contribution is -0.123. The molecule has 1 aliphatic carbocycles. The number of hydrogen-bond acceptors (Lipinski definition) is 5. The number of anilines is 2. The summed E-state index contributed by atoms with van der Waals surface area (Å²) in [5, 5.41) is 13.6. The highest BCUT2D eigenvalue weighted by Crippen LogP contribution is 2.35. The third-order valence-corrected chi connectivity index (χ3v) is 7.86. The molecular formula is C34H28Cl2N4O3. The van der Waals surface area contributed by atoms with Gasteiger partial charge in [-0.05, 0) is 55.2 Å². The molecule has 7 nitrogen and oxygen atoms in total. The van der Waals surface area contributed by atoms with Crippen molar-refractivity contribution < 1.29 is 14.7 Å². The molecule has 1 atom stereocenters. The van der Waals surface area contributed by atoms with Crippen LogP contribution in [0.25, 0.3) is 0 Å². The number of nitrogens with one attached hydrogen (secondary N) is 1. The summed E-state index contributed by atoms with van der Waals surface area (Å²) in [6.45, 7) is 0.967. The van der Waals surface area contributed by atoms with Crippen molar-refractivity contribution in [2.45, 2.75) is 19.1 Å². The van der Waals surface area contributed by atoms with Crippen molar-refractivity contribution in [1.29, 1.82) is 0 Å². The predicted molar refractivity (Wildman–Crippen MR) is 172 cm³/mol. The second-order valence-electron chi connectivity index (χ2n) is 10.5. The molecular weight excluding hydrogens is 583 g/mol. The zero-order chi connectivity index (χ0) is 29.9. The van der Waals surface area contributed by atoms with Gasteiger partial charge in [-0.1, -0.05) is 83.9 Å². The van der Waals surface area contributed by atoms with Crippen LogP contribution in [0.5, 0.6) is 0 Å². The third kappa shape index (κ3) is 6.54. The molecule has 0 aromatic heterocycles. The molecule has 3 aliphatic rings. The SMILES string of the molecule is O=C1CN=C(c2ccccc2)c2cc(Cl)ccc2N1CC1CC1.O=C1Nc2ccc(Cl)cc2C(c2ccccc2)=NC1O. The summed E-state index contributed by atoms with van der Waals surface area (Å²) in [6, 6.07) is 30.2. The molecule has 216 valence electrons. The number of benzodiazepines with no additional fused rings is 2. The van der Waals surface area contributed by atoms with E-state index >= 15 is 0 Å². The first kappa shape index (κ1) is 28.8. The van der Waals surface area contributed by atoms with E-state index < -0.39 is 12.1 Å². The van der Waals surface area contributed by atoms with Crippen LogP contribution in [0, 0.1) is 5.92 Å². The molecule has 1 unspecified atom stereocenters. The molecule has 43 heavy (non-hydrogen) atoms. The lowest BCUT2D eigenvalue weighted by Gasteiger charge is -2.23. The van der Waals surface area contributed by atoms with Gasteiger partial charge in [0, 0.05) is 38.8 Å². The molecule has 0 bridgehead atoms. The van der Waals surface area contributed by atoms with Gasteiger partial charge in [-0.3, -0.25) is 14.6 Å². The largest absolute Gasteiger partial charge is 0.364 e. The van der Waals surface area contributed by atoms with E-state index in [1.54, 1.807) is 18.2 Å². The second-order valence-corrected chi connectivity index (χ2v) is 11.4. The van der Waals surface area contributed by atoms with Gasteiger partial charge >= 0.3 is 0 Å². The zero-order valence-corrected chi connectivity index (χ0v) is 24.6. The van der Waals surface area contributed by atoms with E-state index in [1.165, 1.54) is 12.8 Å². The summed E-state index contributed by atoms with van der Waals surface area (Å²) >= 11 is 12.3. The van der Waals surface area contributed by atoms with E-state index in [9.17, 15) is 14.7 Å². The summed E-state index contributed by atoms with van der Waals surface area (Å²) in [5.41, 5.74) is 6.33. The monoisotopic (exact) mass is 610 g/mol. The first-order chi connectivity index (χ1) is 20.9. The number of carbonyl (C=O) groups excluding carboxylic acids is 2. The summed E-state index contributed by atoms with van der Waals surface area (Å²) < 4.78 is 0. The number of nitrogens with zero attached hydrogens (tertiary/aromatic N) is 3. The highest BCUT2D eigenvalue weighted by Gasteiger charge is 2.31. The van der Waals surface area contributed by atoms with Crippen LogP contribution in [0.1, 0.15) is 35.1 Å². The van der Waals surface area contributed by atoms with Crippen LogP contribution in [0.15, 0.2) is 107 Å². The van der Waals surface area contributed by atoms with E-state index in [1.807, 2.05) is 83.8 Å². The molecule has 4 aromatic carbocycles. The quantitative estimate of drug-likeness (QED) is 0.281. The van der Waals surface area contributed by atoms with Crippen LogP contribution in [0.4, 0.5) is 11.4 Å². The second kappa shape index (κ2) is 12.5. The summed E-state index contributed by atoms with van der Waals surface area (Å²) in [6.07, 6.45) is 0.981. The zero-order valence-electron chi connectivity index (χ0n) is 23.1. The predicted octanol–water partition coefficient (Wildman–Crippen LogP) is 6.38. The molecule has 2 amide bonds. The minimum Gasteiger partial charge on any atom is -0.364 e. The molecule has 0 spiro atoms. The summed E-state index contributed by atoms with van der Waals surface area (Å²) in [7, 11) is 0. The van der Waals surface area contributed by atoms with Crippen LogP contribution < -0.4 is 10.2 Å². The number of rotatable bonds is 4. The number of hydrogen-bond donors (Lipinski definition) is 2. The van der Waals surface area contributed by atoms with Crippen molar-refractivity contribution in [3.8, 4) is 0 Å². The van der Waals surface area contributed by atoms with E-state index in [-0.39, 0.29) is 12.5 Å². The fourth-order valence-electron chi connectivity index (χ4n) is 5.08. The van der Waals surface area contributed by atoms with Gasteiger partial charge in [0.15, 0.2) is 0 Å². The number of amides is 2. The Bertz CT molecular complexity index is 1740. The fraction of sp³-hybridized carbons (Fsp3) is 0.176. The van der Waals surface area contributed by atoms with Gasteiger partial charge < -0.3 is 15.3 Å². The number of aliphatic hydroxyl groups is 1. The molecule has 2 heterocycles. The lowest BCUT2D eigenvalue weighted by Crippen LogP contribution is -2.34. The van der Waals surface area contributed by atoms with E-state index in [4.69, 9.17) is 23.2 Å². The van der Waals surface area contributed by atoms with Crippen molar-refractivity contribution in [2.24, 2.45) is 15.9 Å². The Morgan fingerprint density at radius 1 is 0.791 bits per heavy atom. The number of aliphatic imine (C=N–C) groups is 2. The normalized spacial score (nSPS) is 17.7. The maximum absolute atomic E-state index is 12.6. The Morgan fingerprint density at radius 2 is 1.40 bits per heavy atom. The molecule has 1 saturated carbocycles. The highest BCUT2D eigenvalue weighted by atomic mass is 35.5. The van der Waals surface area contributed by atoms with Crippen molar-refractivity contribution in [3.63, 3.8) is 0 Å². The van der Waals surface area contributed by atoms with Crippen molar-refractivity contribution >= 4 is 57.8 Å². The van der Waals surface area contributed by atoms with Crippen molar-refractivity contribution in [2.75, 3.05) is 23.3 Å². The van der Waals surface area contributed by atoms with Gasteiger partial charge in [0.05, 0.1) is 22.8 Å². The average molecular weight is 612 g/mol. The van der Waals surface area contributed by atoms with Crippen LogP contribution in [0.3, 0.4) is 0 Å². The van der Waals surface area contributed by atoms with Crippen LogP contribution >= 0.6 is 23.2 Å². The Labute approximate surface area is 259 Å². The third-order valence-electron chi connectivity index (χ3n) is 7.39. The number of benzene rings is 4. The maximum Gasteiger partial charge on any atom is 0.276 e. The smallest absolute Gasteiger partial charge is 0.276 e.